The summed E-state index contributed by atoms with van der Waals surface area (Å²) in [5, 5.41) is 14.5. The predicted octanol–water partition coefficient (Wildman–Crippen LogP) is 4.19. The van der Waals surface area contributed by atoms with Crippen molar-refractivity contribution in [2.24, 2.45) is 5.10 Å². The van der Waals surface area contributed by atoms with Crippen molar-refractivity contribution >= 4 is 17.8 Å². The first-order valence-electron chi connectivity index (χ1n) is 8.20. The molecule has 0 aliphatic heterocycles. The van der Waals surface area contributed by atoms with Gasteiger partial charge in [-0.15, -0.1) is 0 Å². The number of unbranched alkanes of at least 4 members (excludes halogenated alkanes) is 6. The molecule has 0 radical (unpaired) electrons. The van der Waals surface area contributed by atoms with E-state index < -0.39 is 4.92 Å². The highest BCUT2D eigenvalue weighted by molar-refractivity contribution is 5.83. The number of carbonyl (C=O) groups excluding carboxylic acids is 1. The first kappa shape index (κ1) is 18.8. The van der Waals surface area contributed by atoms with Gasteiger partial charge >= 0.3 is 0 Å². The van der Waals surface area contributed by atoms with Gasteiger partial charge in [0.15, 0.2) is 0 Å². The van der Waals surface area contributed by atoms with Crippen LogP contribution in [-0.4, -0.2) is 17.0 Å². The molecule has 1 amide bonds. The molecule has 0 fully saturated rings. The minimum atomic E-state index is -0.462. The van der Waals surface area contributed by atoms with Gasteiger partial charge in [0.1, 0.15) is 0 Å². The van der Waals surface area contributed by atoms with Gasteiger partial charge in [-0.25, -0.2) is 5.43 Å². The molecule has 0 aromatic heterocycles. The summed E-state index contributed by atoms with van der Waals surface area (Å²) in [6, 6.07) is 6.10. The molecule has 0 atom stereocenters. The molecule has 6 nitrogen and oxygen atoms in total. The highest BCUT2D eigenvalue weighted by Gasteiger charge is 2.04. The molecule has 0 bridgehead atoms. The molecule has 1 aromatic carbocycles. The predicted molar refractivity (Wildman–Crippen MR) is 91.4 cm³/mol. The Labute approximate surface area is 137 Å². The topological polar surface area (TPSA) is 84.6 Å². The van der Waals surface area contributed by atoms with E-state index in [4.69, 9.17) is 0 Å². The van der Waals surface area contributed by atoms with Crippen LogP contribution in [0, 0.1) is 10.1 Å². The van der Waals surface area contributed by atoms with Crippen LogP contribution in [0.15, 0.2) is 29.4 Å². The molecule has 126 valence electrons. The van der Waals surface area contributed by atoms with E-state index in [-0.39, 0.29) is 11.6 Å². The molecule has 0 aliphatic rings. The number of hydrogen-bond donors (Lipinski definition) is 1. The van der Waals surface area contributed by atoms with Crippen LogP contribution in [0.2, 0.25) is 0 Å². The molecular formula is C17H25N3O3. The second-order valence-corrected chi connectivity index (χ2v) is 5.52. The Morgan fingerprint density at radius 2 is 1.91 bits per heavy atom. The van der Waals surface area contributed by atoms with Gasteiger partial charge in [0.2, 0.25) is 5.91 Å². The summed E-state index contributed by atoms with van der Waals surface area (Å²) in [6.07, 6.45) is 10.0. The first-order valence-corrected chi connectivity index (χ1v) is 8.20. The minimum absolute atomic E-state index is 0.00310. The number of hydrogen-bond acceptors (Lipinski definition) is 4. The lowest BCUT2D eigenvalue weighted by atomic mass is 10.1. The molecule has 0 unspecified atom stereocenters. The van der Waals surface area contributed by atoms with Gasteiger partial charge in [0.05, 0.1) is 11.1 Å². The van der Waals surface area contributed by atoms with Gasteiger partial charge < -0.3 is 0 Å². The van der Waals surface area contributed by atoms with E-state index in [2.05, 4.69) is 17.5 Å². The van der Waals surface area contributed by atoms with E-state index >= 15 is 0 Å². The molecule has 0 saturated carbocycles. The van der Waals surface area contributed by atoms with Crippen molar-refractivity contribution in [1.29, 1.82) is 0 Å². The van der Waals surface area contributed by atoms with Gasteiger partial charge in [0.25, 0.3) is 5.69 Å². The first-order chi connectivity index (χ1) is 11.1. The summed E-state index contributed by atoms with van der Waals surface area (Å²) >= 11 is 0. The lowest BCUT2D eigenvalue weighted by Crippen LogP contribution is -2.16. The van der Waals surface area contributed by atoms with E-state index in [0.29, 0.717) is 12.0 Å². The van der Waals surface area contributed by atoms with Gasteiger partial charge in [-0.1, -0.05) is 57.6 Å². The van der Waals surface area contributed by atoms with Crippen molar-refractivity contribution in [3.8, 4) is 0 Å². The van der Waals surface area contributed by atoms with Crippen LogP contribution in [0.5, 0.6) is 0 Å². The maximum absolute atomic E-state index is 11.6. The summed E-state index contributed by atoms with van der Waals surface area (Å²) in [7, 11) is 0. The number of nitrogens with one attached hydrogen (secondary N) is 1. The molecular weight excluding hydrogens is 294 g/mol. The summed E-state index contributed by atoms with van der Waals surface area (Å²) < 4.78 is 0. The maximum atomic E-state index is 11.6. The molecule has 6 heteroatoms. The lowest BCUT2D eigenvalue weighted by Gasteiger charge is -2.01. The zero-order valence-corrected chi connectivity index (χ0v) is 13.7. The Balaban J connectivity index is 2.20. The van der Waals surface area contributed by atoms with Crippen LogP contribution < -0.4 is 5.43 Å². The van der Waals surface area contributed by atoms with Gasteiger partial charge in [-0.05, 0) is 6.42 Å². The van der Waals surface area contributed by atoms with Crippen molar-refractivity contribution in [2.45, 2.75) is 58.3 Å². The number of carbonyl (C=O) groups is 1. The van der Waals surface area contributed by atoms with Crippen molar-refractivity contribution in [1.82, 2.24) is 5.43 Å². The Kier molecular flexibility index (Phi) is 9.28. The Bertz CT molecular complexity index is 530. The van der Waals surface area contributed by atoms with Gasteiger partial charge in [0, 0.05) is 24.1 Å². The highest BCUT2D eigenvalue weighted by Crippen LogP contribution is 2.11. The molecule has 1 rings (SSSR count). The van der Waals surface area contributed by atoms with Crippen LogP contribution in [0.4, 0.5) is 5.69 Å². The molecule has 0 heterocycles. The fourth-order valence-electron chi connectivity index (χ4n) is 2.20. The number of non-ortho nitro benzene ring substituents is 1. The lowest BCUT2D eigenvalue weighted by molar-refractivity contribution is -0.384. The average molecular weight is 319 g/mol. The van der Waals surface area contributed by atoms with Crippen LogP contribution in [-0.2, 0) is 4.79 Å². The van der Waals surface area contributed by atoms with Crippen LogP contribution in [0.25, 0.3) is 0 Å². The van der Waals surface area contributed by atoms with E-state index in [1.165, 1.54) is 50.5 Å². The van der Waals surface area contributed by atoms with Crippen molar-refractivity contribution in [2.75, 3.05) is 0 Å². The molecule has 1 N–H and O–H groups in total. The zero-order chi connectivity index (χ0) is 16.9. The number of benzene rings is 1. The third-order valence-corrected chi connectivity index (χ3v) is 3.49. The van der Waals surface area contributed by atoms with Crippen LogP contribution in [0.1, 0.15) is 63.9 Å². The second-order valence-electron chi connectivity index (χ2n) is 5.52. The van der Waals surface area contributed by atoms with E-state index in [1.54, 1.807) is 12.1 Å². The molecule has 0 spiro atoms. The minimum Gasteiger partial charge on any atom is -0.273 e. The summed E-state index contributed by atoms with van der Waals surface area (Å²) in [6.45, 7) is 2.19. The number of nitro benzene ring substituents is 1. The van der Waals surface area contributed by atoms with Crippen molar-refractivity contribution < 1.29 is 9.72 Å². The van der Waals surface area contributed by atoms with Crippen molar-refractivity contribution in [3.63, 3.8) is 0 Å². The van der Waals surface area contributed by atoms with E-state index in [0.717, 1.165) is 12.8 Å². The zero-order valence-electron chi connectivity index (χ0n) is 13.7. The van der Waals surface area contributed by atoms with Gasteiger partial charge in [-0.2, -0.15) is 5.10 Å². The Hall–Kier alpha value is -2.24. The fourth-order valence-corrected chi connectivity index (χ4v) is 2.20. The fraction of sp³-hybridized carbons (Fsp3) is 0.529. The average Bonchev–Trinajstić information content (AvgIpc) is 2.54. The third-order valence-electron chi connectivity index (χ3n) is 3.49. The van der Waals surface area contributed by atoms with Crippen LogP contribution >= 0.6 is 0 Å². The molecule has 0 saturated heterocycles. The Morgan fingerprint density at radius 3 is 2.61 bits per heavy atom. The SMILES string of the molecule is CCCCCCCCCC(=O)N/N=C\c1cccc([N+](=O)[O-])c1. The highest BCUT2D eigenvalue weighted by atomic mass is 16.6. The molecule has 1 aromatic rings. The number of nitrogens with zero attached hydrogens (tertiary/aromatic N) is 2. The molecule has 23 heavy (non-hydrogen) atoms. The standard InChI is InChI=1S/C17H25N3O3/c1-2-3-4-5-6-7-8-12-17(21)19-18-14-15-10-9-11-16(13-15)20(22)23/h9-11,13-14H,2-8,12H2,1H3,(H,19,21)/b18-14-. The summed E-state index contributed by atoms with van der Waals surface area (Å²) in [5.41, 5.74) is 3.03. The summed E-state index contributed by atoms with van der Waals surface area (Å²) in [4.78, 5) is 21.8. The summed E-state index contributed by atoms with van der Waals surface area (Å²) in [5.74, 6) is -0.125. The quantitative estimate of drug-likeness (QED) is 0.287. The monoisotopic (exact) mass is 319 g/mol. The third kappa shape index (κ3) is 8.70. The number of rotatable bonds is 11. The number of hydrazone groups is 1. The largest absolute Gasteiger partial charge is 0.273 e. The second kappa shape index (κ2) is 11.3. The number of amides is 1. The number of nitro groups is 1. The van der Waals surface area contributed by atoms with Gasteiger partial charge in [-0.3, -0.25) is 14.9 Å². The molecule has 0 aliphatic carbocycles. The maximum Gasteiger partial charge on any atom is 0.270 e. The van der Waals surface area contributed by atoms with Crippen molar-refractivity contribution in [3.05, 3.63) is 39.9 Å². The smallest absolute Gasteiger partial charge is 0.270 e. The van der Waals surface area contributed by atoms with E-state index in [1.807, 2.05) is 0 Å². The van der Waals surface area contributed by atoms with Crippen LogP contribution in [0.3, 0.4) is 0 Å². The normalized spacial score (nSPS) is 10.8. The van der Waals surface area contributed by atoms with E-state index in [9.17, 15) is 14.9 Å². The Morgan fingerprint density at radius 1 is 1.22 bits per heavy atom.